The summed E-state index contributed by atoms with van der Waals surface area (Å²) in [6.45, 7) is 3.90. The van der Waals surface area contributed by atoms with Gasteiger partial charge in [0.15, 0.2) is 0 Å². The third-order valence-electron chi connectivity index (χ3n) is 2.57. The minimum absolute atomic E-state index is 0.155. The lowest BCUT2D eigenvalue weighted by atomic mass is 10.1. The quantitative estimate of drug-likeness (QED) is 0.897. The number of hydrogen-bond acceptors (Lipinski definition) is 4. The maximum absolute atomic E-state index is 8.84. The molecular weight excluding hydrogens is 228 g/mol. The summed E-state index contributed by atoms with van der Waals surface area (Å²) in [7, 11) is 0. The second-order valence-electron chi connectivity index (χ2n) is 4.12. The smallest absolute Gasteiger partial charge is 0.241 e. The van der Waals surface area contributed by atoms with Crippen LogP contribution in [0.3, 0.4) is 0 Å². The molecule has 4 nitrogen and oxygen atoms in total. The molecule has 0 atom stereocenters. The Bertz CT molecular complexity index is 524. The van der Waals surface area contributed by atoms with Crippen LogP contribution in [0.2, 0.25) is 0 Å². The van der Waals surface area contributed by atoms with Gasteiger partial charge in [0.1, 0.15) is 5.75 Å². The highest BCUT2D eigenvalue weighted by Gasteiger charge is 2.04. The average molecular weight is 244 g/mol. The number of aromatic nitrogens is 2. The molecule has 0 fully saturated rings. The van der Waals surface area contributed by atoms with Crippen molar-refractivity contribution in [2.24, 2.45) is 0 Å². The molecule has 0 aliphatic heterocycles. The van der Waals surface area contributed by atoms with E-state index in [1.54, 1.807) is 6.20 Å². The molecule has 1 aromatic heterocycles. The topological polar surface area (TPSA) is 55.2 Å². The van der Waals surface area contributed by atoms with E-state index in [9.17, 15) is 0 Å². The van der Waals surface area contributed by atoms with E-state index < -0.39 is 0 Å². The molecule has 18 heavy (non-hydrogen) atoms. The summed E-state index contributed by atoms with van der Waals surface area (Å²) >= 11 is 0. The van der Waals surface area contributed by atoms with Gasteiger partial charge in [-0.05, 0) is 38.0 Å². The van der Waals surface area contributed by atoms with Crippen molar-refractivity contribution >= 4 is 0 Å². The SMILES string of the molecule is Cc1cnc(C)c(Oc2ccc(CCO)cc2)n1. The molecule has 0 unspecified atom stereocenters. The summed E-state index contributed by atoms with van der Waals surface area (Å²) in [5.41, 5.74) is 2.67. The lowest BCUT2D eigenvalue weighted by Crippen LogP contribution is -1.96. The second kappa shape index (κ2) is 5.60. The van der Waals surface area contributed by atoms with Gasteiger partial charge < -0.3 is 9.84 Å². The maximum Gasteiger partial charge on any atom is 0.241 e. The van der Waals surface area contributed by atoms with E-state index in [1.807, 2.05) is 38.1 Å². The first-order valence-electron chi connectivity index (χ1n) is 5.87. The number of aryl methyl sites for hydroxylation is 2. The molecule has 0 spiro atoms. The van der Waals surface area contributed by atoms with Crippen molar-refractivity contribution in [2.75, 3.05) is 6.61 Å². The van der Waals surface area contributed by atoms with E-state index in [-0.39, 0.29) is 6.61 Å². The number of aliphatic hydroxyl groups excluding tert-OH is 1. The summed E-state index contributed by atoms with van der Waals surface area (Å²) in [4.78, 5) is 8.50. The van der Waals surface area contributed by atoms with E-state index in [2.05, 4.69) is 9.97 Å². The predicted molar refractivity (Wildman–Crippen MR) is 68.8 cm³/mol. The van der Waals surface area contributed by atoms with Crippen molar-refractivity contribution in [2.45, 2.75) is 20.3 Å². The zero-order valence-electron chi connectivity index (χ0n) is 10.6. The summed E-state index contributed by atoms with van der Waals surface area (Å²) in [5.74, 6) is 1.25. The maximum atomic E-state index is 8.84. The number of aliphatic hydroxyl groups is 1. The Morgan fingerprint density at radius 3 is 2.56 bits per heavy atom. The van der Waals surface area contributed by atoms with Crippen LogP contribution in [-0.4, -0.2) is 21.7 Å². The largest absolute Gasteiger partial charge is 0.437 e. The lowest BCUT2D eigenvalue weighted by Gasteiger charge is -2.08. The first-order valence-corrected chi connectivity index (χ1v) is 5.87. The van der Waals surface area contributed by atoms with Crippen molar-refractivity contribution in [1.82, 2.24) is 9.97 Å². The average Bonchev–Trinajstić information content (AvgIpc) is 2.37. The fourth-order valence-corrected chi connectivity index (χ4v) is 1.58. The Morgan fingerprint density at radius 2 is 1.89 bits per heavy atom. The van der Waals surface area contributed by atoms with Crippen LogP contribution < -0.4 is 4.74 Å². The highest BCUT2D eigenvalue weighted by atomic mass is 16.5. The Morgan fingerprint density at radius 1 is 1.17 bits per heavy atom. The zero-order valence-corrected chi connectivity index (χ0v) is 10.6. The zero-order chi connectivity index (χ0) is 13.0. The van der Waals surface area contributed by atoms with Crippen LogP contribution in [-0.2, 0) is 6.42 Å². The van der Waals surface area contributed by atoms with Gasteiger partial charge in [0.2, 0.25) is 5.88 Å². The Balaban J connectivity index is 2.15. The predicted octanol–water partition coefficient (Wildman–Crippen LogP) is 2.42. The van der Waals surface area contributed by atoms with Crippen molar-refractivity contribution in [1.29, 1.82) is 0 Å². The van der Waals surface area contributed by atoms with E-state index in [0.29, 0.717) is 12.3 Å². The van der Waals surface area contributed by atoms with Crippen LogP contribution in [0.4, 0.5) is 0 Å². The summed E-state index contributed by atoms with van der Waals surface area (Å²) in [5, 5.41) is 8.84. The number of rotatable bonds is 4. The number of hydrogen-bond donors (Lipinski definition) is 1. The molecule has 1 aromatic carbocycles. The van der Waals surface area contributed by atoms with Gasteiger partial charge in [-0.25, -0.2) is 4.98 Å². The van der Waals surface area contributed by atoms with Crippen LogP contribution in [0.25, 0.3) is 0 Å². The summed E-state index contributed by atoms with van der Waals surface area (Å²) < 4.78 is 5.69. The van der Waals surface area contributed by atoms with Crippen molar-refractivity contribution in [3.8, 4) is 11.6 Å². The molecule has 0 aliphatic carbocycles. The molecule has 0 aliphatic rings. The molecule has 0 saturated heterocycles. The van der Waals surface area contributed by atoms with Crippen molar-refractivity contribution in [3.05, 3.63) is 47.4 Å². The van der Waals surface area contributed by atoms with Crippen molar-refractivity contribution < 1.29 is 9.84 Å². The van der Waals surface area contributed by atoms with E-state index in [1.165, 1.54) is 0 Å². The summed E-state index contributed by atoms with van der Waals surface area (Å²) in [6, 6.07) is 7.61. The van der Waals surface area contributed by atoms with Crippen LogP contribution >= 0.6 is 0 Å². The third kappa shape index (κ3) is 3.05. The van der Waals surface area contributed by atoms with Gasteiger partial charge in [-0.1, -0.05) is 12.1 Å². The number of nitrogens with zero attached hydrogens (tertiary/aromatic N) is 2. The number of ether oxygens (including phenoxy) is 1. The summed E-state index contributed by atoms with van der Waals surface area (Å²) in [6.07, 6.45) is 2.37. The van der Waals surface area contributed by atoms with E-state index in [4.69, 9.17) is 9.84 Å². The second-order valence-corrected chi connectivity index (χ2v) is 4.12. The fraction of sp³-hybridized carbons (Fsp3) is 0.286. The van der Waals surface area contributed by atoms with Gasteiger partial charge >= 0.3 is 0 Å². The normalized spacial score (nSPS) is 10.4. The van der Waals surface area contributed by atoms with E-state index in [0.717, 1.165) is 22.7 Å². The van der Waals surface area contributed by atoms with E-state index >= 15 is 0 Å². The molecule has 4 heteroatoms. The monoisotopic (exact) mass is 244 g/mol. The molecule has 0 amide bonds. The molecule has 1 heterocycles. The highest BCUT2D eigenvalue weighted by Crippen LogP contribution is 2.22. The fourth-order valence-electron chi connectivity index (χ4n) is 1.58. The molecule has 2 aromatic rings. The molecule has 2 rings (SSSR count). The minimum atomic E-state index is 0.155. The van der Waals surface area contributed by atoms with Gasteiger partial charge in [-0.15, -0.1) is 0 Å². The Labute approximate surface area is 106 Å². The highest BCUT2D eigenvalue weighted by molar-refractivity contribution is 5.32. The first-order chi connectivity index (χ1) is 8.69. The molecule has 0 bridgehead atoms. The first kappa shape index (κ1) is 12.5. The minimum Gasteiger partial charge on any atom is -0.437 e. The van der Waals surface area contributed by atoms with Gasteiger partial charge in [0, 0.05) is 12.8 Å². The third-order valence-corrected chi connectivity index (χ3v) is 2.57. The lowest BCUT2D eigenvalue weighted by molar-refractivity contribution is 0.299. The standard InChI is InChI=1S/C14H16N2O2/c1-10-9-15-11(2)14(16-10)18-13-5-3-12(4-6-13)7-8-17/h3-6,9,17H,7-8H2,1-2H3. The molecule has 94 valence electrons. The van der Waals surface area contributed by atoms with Gasteiger partial charge in [-0.3, -0.25) is 4.98 Å². The molecular formula is C14H16N2O2. The van der Waals surface area contributed by atoms with Crippen LogP contribution in [0.5, 0.6) is 11.6 Å². The molecule has 0 saturated carbocycles. The molecule has 0 radical (unpaired) electrons. The van der Waals surface area contributed by atoms with Crippen LogP contribution in [0, 0.1) is 13.8 Å². The Kier molecular flexibility index (Phi) is 3.89. The van der Waals surface area contributed by atoms with Gasteiger partial charge in [-0.2, -0.15) is 0 Å². The van der Waals surface area contributed by atoms with Crippen molar-refractivity contribution in [3.63, 3.8) is 0 Å². The molecule has 1 N–H and O–H groups in total. The Hall–Kier alpha value is -1.94. The van der Waals surface area contributed by atoms with Crippen LogP contribution in [0.15, 0.2) is 30.5 Å². The van der Waals surface area contributed by atoms with Gasteiger partial charge in [0.05, 0.1) is 11.4 Å². The van der Waals surface area contributed by atoms with Gasteiger partial charge in [0.25, 0.3) is 0 Å². The number of benzene rings is 1. The van der Waals surface area contributed by atoms with Crippen LogP contribution in [0.1, 0.15) is 17.0 Å².